The second-order valence-electron chi connectivity index (χ2n) is 5.62. The molecule has 0 spiro atoms. The molecule has 0 bridgehead atoms. The van der Waals surface area contributed by atoms with Crippen LogP contribution < -0.4 is 10.1 Å². The van der Waals surface area contributed by atoms with Gasteiger partial charge >= 0.3 is 0 Å². The summed E-state index contributed by atoms with van der Waals surface area (Å²) in [5.74, 6) is 0.918. The number of ether oxygens (including phenoxy) is 1. The maximum atomic E-state index is 5.45. The van der Waals surface area contributed by atoms with Crippen molar-refractivity contribution in [3.05, 3.63) is 41.2 Å². The van der Waals surface area contributed by atoms with Gasteiger partial charge in [-0.3, -0.25) is 4.98 Å². The van der Waals surface area contributed by atoms with Crippen LogP contribution in [0.4, 0.5) is 0 Å². The third-order valence-electron chi connectivity index (χ3n) is 3.46. The van der Waals surface area contributed by atoms with Gasteiger partial charge in [0.2, 0.25) is 0 Å². The van der Waals surface area contributed by atoms with E-state index in [-0.39, 0.29) is 0 Å². The van der Waals surface area contributed by atoms with Crippen LogP contribution in [-0.4, -0.2) is 27.7 Å². The van der Waals surface area contributed by atoms with Crippen molar-refractivity contribution in [1.82, 2.24) is 19.9 Å². The molecule has 0 saturated heterocycles. The molecule has 0 fully saturated rings. The summed E-state index contributed by atoms with van der Waals surface area (Å²) >= 11 is 0. The molecule has 21 heavy (non-hydrogen) atoms. The fourth-order valence-electron chi connectivity index (χ4n) is 2.30. The zero-order valence-corrected chi connectivity index (χ0v) is 13.5. The molecule has 0 aliphatic rings. The number of methoxy groups -OCH3 is 1. The molecule has 0 amide bonds. The highest BCUT2D eigenvalue weighted by Gasteiger charge is 2.10. The molecule has 0 unspecified atom stereocenters. The standard InChI is InChI=1S/C16H24N4O/c1-11(2)17-7-14-8-20(10-19-14)9-15-13(4)16(21-5)12(3)6-18-15/h6,8,10-11,17H,7,9H2,1-5H3. The Morgan fingerprint density at radius 2 is 2.05 bits per heavy atom. The first kappa shape index (κ1) is 15.5. The van der Waals surface area contributed by atoms with Crippen molar-refractivity contribution in [1.29, 1.82) is 0 Å². The van der Waals surface area contributed by atoms with Crippen molar-refractivity contribution in [2.24, 2.45) is 0 Å². The van der Waals surface area contributed by atoms with Gasteiger partial charge in [-0.2, -0.15) is 0 Å². The summed E-state index contributed by atoms with van der Waals surface area (Å²) < 4.78 is 7.51. The van der Waals surface area contributed by atoms with Gasteiger partial charge in [0.1, 0.15) is 5.75 Å². The molecule has 0 aromatic carbocycles. The number of nitrogens with zero attached hydrogens (tertiary/aromatic N) is 3. The van der Waals surface area contributed by atoms with Crippen LogP contribution in [0.15, 0.2) is 18.7 Å². The molecule has 5 heteroatoms. The Bertz CT molecular complexity index is 604. The minimum Gasteiger partial charge on any atom is -0.496 e. The molecule has 0 atom stereocenters. The van der Waals surface area contributed by atoms with Crippen molar-refractivity contribution >= 4 is 0 Å². The average molecular weight is 288 g/mol. The van der Waals surface area contributed by atoms with Crippen LogP contribution in [0.1, 0.15) is 36.4 Å². The van der Waals surface area contributed by atoms with E-state index in [9.17, 15) is 0 Å². The monoisotopic (exact) mass is 288 g/mol. The van der Waals surface area contributed by atoms with Gasteiger partial charge in [0.25, 0.3) is 0 Å². The third-order valence-corrected chi connectivity index (χ3v) is 3.46. The molecule has 5 nitrogen and oxygen atoms in total. The van der Waals surface area contributed by atoms with Crippen LogP contribution >= 0.6 is 0 Å². The molecule has 0 aliphatic carbocycles. The molecule has 2 rings (SSSR count). The third kappa shape index (κ3) is 3.82. The van der Waals surface area contributed by atoms with Crippen molar-refractivity contribution in [2.75, 3.05) is 7.11 Å². The number of hydrogen-bond acceptors (Lipinski definition) is 4. The summed E-state index contributed by atoms with van der Waals surface area (Å²) in [5, 5.41) is 3.36. The summed E-state index contributed by atoms with van der Waals surface area (Å²) in [7, 11) is 1.70. The van der Waals surface area contributed by atoms with Crippen molar-refractivity contribution < 1.29 is 4.74 Å². The van der Waals surface area contributed by atoms with Crippen LogP contribution in [-0.2, 0) is 13.1 Å². The van der Waals surface area contributed by atoms with Gasteiger partial charge in [0, 0.05) is 36.1 Å². The van der Waals surface area contributed by atoms with Crippen LogP contribution in [0, 0.1) is 13.8 Å². The number of pyridine rings is 1. The van der Waals surface area contributed by atoms with Gasteiger partial charge in [-0.25, -0.2) is 4.98 Å². The number of nitrogens with one attached hydrogen (secondary N) is 1. The smallest absolute Gasteiger partial charge is 0.128 e. The van der Waals surface area contributed by atoms with Gasteiger partial charge in [-0.05, 0) is 13.8 Å². The molecular formula is C16H24N4O. The molecule has 0 radical (unpaired) electrons. The fourth-order valence-corrected chi connectivity index (χ4v) is 2.30. The van der Waals surface area contributed by atoms with E-state index in [2.05, 4.69) is 39.9 Å². The van der Waals surface area contributed by atoms with Crippen molar-refractivity contribution in [2.45, 2.75) is 46.8 Å². The van der Waals surface area contributed by atoms with E-state index in [1.807, 2.05) is 26.4 Å². The van der Waals surface area contributed by atoms with Gasteiger partial charge < -0.3 is 14.6 Å². The molecule has 114 valence electrons. The second kappa shape index (κ2) is 6.72. The quantitative estimate of drug-likeness (QED) is 0.887. The lowest BCUT2D eigenvalue weighted by Gasteiger charge is -2.12. The molecule has 2 aromatic heterocycles. The highest BCUT2D eigenvalue weighted by Crippen LogP contribution is 2.24. The minimum absolute atomic E-state index is 0.459. The Morgan fingerprint density at radius 3 is 2.71 bits per heavy atom. The summed E-state index contributed by atoms with van der Waals surface area (Å²) in [6, 6.07) is 0.459. The Morgan fingerprint density at radius 1 is 1.29 bits per heavy atom. The van der Waals surface area contributed by atoms with Crippen LogP contribution in [0.3, 0.4) is 0 Å². The second-order valence-corrected chi connectivity index (χ2v) is 5.62. The van der Waals surface area contributed by atoms with E-state index in [4.69, 9.17) is 4.74 Å². The predicted molar refractivity (Wildman–Crippen MR) is 83.6 cm³/mol. The zero-order valence-electron chi connectivity index (χ0n) is 13.5. The van der Waals surface area contributed by atoms with E-state index in [0.717, 1.165) is 34.8 Å². The molecule has 2 heterocycles. The Kier molecular flexibility index (Phi) is 4.96. The van der Waals surface area contributed by atoms with Gasteiger partial charge in [-0.15, -0.1) is 0 Å². The lowest BCUT2D eigenvalue weighted by molar-refractivity contribution is 0.406. The van der Waals surface area contributed by atoms with E-state index in [1.54, 1.807) is 7.11 Å². The van der Waals surface area contributed by atoms with Crippen LogP contribution in [0.2, 0.25) is 0 Å². The maximum absolute atomic E-state index is 5.45. The van der Waals surface area contributed by atoms with E-state index >= 15 is 0 Å². The molecule has 0 saturated carbocycles. The largest absolute Gasteiger partial charge is 0.496 e. The average Bonchev–Trinajstić information content (AvgIpc) is 2.88. The summed E-state index contributed by atoms with van der Waals surface area (Å²) in [4.78, 5) is 8.94. The van der Waals surface area contributed by atoms with Gasteiger partial charge in [0.15, 0.2) is 0 Å². The van der Waals surface area contributed by atoms with E-state index < -0.39 is 0 Å². The SMILES string of the molecule is COc1c(C)cnc(Cn2cnc(CNC(C)C)c2)c1C. The predicted octanol–water partition coefficient (Wildman–Crippen LogP) is 2.45. The Labute approximate surface area is 126 Å². The first-order chi connectivity index (χ1) is 10.0. The first-order valence-corrected chi connectivity index (χ1v) is 7.24. The Balaban J connectivity index is 2.12. The molecule has 1 N–H and O–H groups in total. The number of aryl methyl sites for hydroxylation is 1. The minimum atomic E-state index is 0.459. The van der Waals surface area contributed by atoms with Crippen molar-refractivity contribution in [3.8, 4) is 5.75 Å². The highest BCUT2D eigenvalue weighted by atomic mass is 16.5. The zero-order chi connectivity index (χ0) is 15.4. The van der Waals surface area contributed by atoms with Crippen molar-refractivity contribution in [3.63, 3.8) is 0 Å². The van der Waals surface area contributed by atoms with Gasteiger partial charge in [0.05, 0.1) is 31.4 Å². The number of hydrogen-bond donors (Lipinski definition) is 1. The number of rotatable bonds is 6. The number of imidazole rings is 1. The molecular weight excluding hydrogens is 264 g/mol. The maximum Gasteiger partial charge on any atom is 0.128 e. The molecule has 2 aromatic rings. The van der Waals surface area contributed by atoms with Gasteiger partial charge in [-0.1, -0.05) is 13.8 Å². The van der Waals surface area contributed by atoms with Crippen LogP contribution in [0.5, 0.6) is 5.75 Å². The van der Waals surface area contributed by atoms with E-state index in [1.165, 1.54) is 0 Å². The first-order valence-electron chi connectivity index (χ1n) is 7.24. The Hall–Kier alpha value is -1.88. The summed E-state index contributed by atoms with van der Waals surface area (Å²) in [5.41, 5.74) is 4.21. The lowest BCUT2D eigenvalue weighted by atomic mass is 10.1. The van der Waals surface area contributed by atoms with Crippen LogP contribution in [0.25, 0.3) is 0 Å². The number of aromatic nitrogens is 3. The highest BCUT2D eigenvalue weighted by molar-refractivity contribution is 5.41. The molecule has 0 aliphatic heterocycles. The summed E-state index contributed by atoms with van der Waals surface area (Å²) in [6.07, 6.45) is 5.77. The topological polar surface area (TPSA) is 52.0 Å². The lowest BCUT2D eigenvalue weighted by Crippen LogP contribution is -2.21. The summed E-state index contributed by atoms with van der Waals surface area (Å²) in [6.45, 7) is 9.80. The normalized spacial score (nSPS) is 11.1. The fraction of sp³-hybridized carbons (Fsp3) is 0.500. The van der Waals surface area contributed by atoms with E-state index in [0.29, 0.717) is 12.6 Å².